The second-order valence-corrected chi connectivity index (χ2v) is 7.44. The molecule has 0 aromatic heterocycles. The SMILES string of the molecule is COCCN(CC1CN(C(=O)c2ccc(OC)cc2)CCO1)C(=O)c1ccc(OC)cc1. The van der Waals surface area contributed by atoms with Gasteiger partial charge in [-0.2, -0.15) is 0 Å². The van der Waals surface area contributed by atoms with E-state index in [2.05, 4.69) is 0 Å². The molecule has 8 heteroatoms. The molecule has 0 radical (unpaired) electrons. The summed E-state index contributed by atoms with van der Waals surface area (Å²) in [4.78, 5) is 29.5. The zero-order valence-corrected chi connectivity index (χ0v) is 18.8. The highest BCUT2D eigenvalue weighted by atomic mass is 16.5. The predicted octanol–water partition coefficient (Wildman–Crippen LogP) is 2.33. The van der Waals surface area contributed by atoms with Gasteiger partial charge in [-0.15, -0.1) is 0 Å². The van der Waals surface area contributed by atoms with E-state index in [4.69, 9.17) is 18.9 Å². The first kappa shape index (κ1) is 23.6. The van der Waals surface area contributed by atoms with Crippen LogP contribution in [0.15, 0.2) is 48.5 Å². The zero-order valence-electron chi connectivity index (χ0n) is 18.8. The van der Waals surface area contributed by atoms with Gasteiger partial charge in [0.25, 0.3) is 11.8 Å². The van der Waals surface area contributed by atoms with E-state index in [0.717, 1.165) is 0 Å². The summed E-state index contributed by atoms with van der Waals surface area (Å²) in [6, 6.07) is 14.0. The van der Waals surface area contributed by atoms with Crippen LogP contribution in [0.1, 0.15) is 20.7 Å². The third-order valence-corrected chi connectivity index (χ3v) is 5.38. The van der Waals surface area contributed by atoms with Gasteiger partial charge in [-0.3, -0.25) is 9.59 Å². The van der Waals surface area contributed by atoms with Crippen molar-refractivity contribution in [3.8, 4) is 11.5 Å². The van der Waals surface area contributed by atoms with Gasteiger partial charge in [0.1, 0.15) is 11.5 Å². The number of benzene rings is 2. The summed E-state index contributed by atoms with van der Waals surface area (Å²) in [5.74, 6) is 1.21. The van der Waals surface area contributed by atoms with Crippen molar-refractivity contribution in [1.29, 1.82) is 0 Å². The maximum atomic E-state index is 13.1. The van der Waals surface area contributed by atoms with Crippen LogP contribution in [0.5, 0.6) is 11.5 Å². The highest BCUT2D eigenvalue weighted by Gasteiger charge is 2.28. The number of amides is 2. The van der Waals surface area contributed by atoms with E-state index in [1.54, 1.807) is 79.7 Å². The number of ether oxygens (including phenoxy) is 4. The quantitative estimate of drug-likeness (QED) is 0.593. The van der Waals surface area contributed by atoms with Crippen molar-refractivity contribution in [2.45, 2.75) is 6.10 Å². The highest BCUT2D eigenvalue weighted by molar-refractivity contribution is 5.95. The van der Waals surface area contributed by atoms with E-state index in [0.29, 0.717) is 62.0 Å². The third-order valence-electron chi connectivity index (χ3n) is 5.38. The summed E-state index contributed by atoms with van der Waals surface area (Å²) in [7, 11) is 4.77. The smallest absolute Gasteiger partial charge is 0.254 e. The van der Waals surface area contributed by atoms with E-state index in [9.17, 15) is 9.59 Å². The fraction of sp³-hybridized carbons (Fsp3) is 0.417. The number of rotatable bonds is 9. The lowest BCUT2D eigenvalue weighted by Gasteiger charge is -2.36. The third kappa shape index (κ3) is 5.99. The molecular weight excluding hydrogens is 412 g/mol. The summed E-state index contributed by atoms with van der Waals surface area (Å²) < 4.78 is 21.4. The molecule has 0 bridgehead atoms. The second-order valence-electron chi connectivity index (χ2n) is 7.44. The van der Waals surface area contributed by atoms with Crippen LogP contribution in [0.4, 0.5) is 0 Å². The molecule has 172 valence electrons. The maximum absolute atomic E-state index is 13.1. The Labute approximate surface area is 188 Å². The van der Waals surface area contributed by atoms with Crippen LogP contribution in [-0.4, -0.2) is 88.4 Å². The van der Waals surface area contributed by atoms with Crippen molar-refractivity contribution < 1.29 is 28.5 Å². The van der Waals surface area contributed by atoms with E-state index in [1.807, 2.05) is 0 Å². The Morgan fingerprint density at radius 2 is 1.56 bits per heavy atom. The average Bonchev–Trinajstić information content (AvgIpc) is 2.86. The molecule has 32 heavy (non-hydrogen) atoms. The van der Waals surface area contributed by atoms with Gasteiger partial charge in [0.15, 0.2) is 0 Å². The highest BCUT2D eigenvalue weighted by Crippen LogP contribution is 2.17. The summed E-state index contributed by atoms with van der Waals surface area (Å²) in [6.07, 6.45) is -0.287. The van der Waals surface area contributed by atoms with Crippen LogP contribution in [0.3, 0.4) is 0 Å². The Hall–Kier alpha value is -3.10. The lowest BCUT2D eigenvalue weighted by molar-refractivity contribution is -0.0347. The zero-order chi connectivity index (χ0) is 22.9. The topological polar surface area (TPSA) is 77.5 Å². The van der Waals surface area contributed by atoms with Gasteiger partial charge in [0.05, 0.1) is 33.5 Å². The molecular formula is C24H30N2O6. The Morgan fingerprint density at radius 3 is 2.12 bits per heavy atom. The first-order valence-corrected chi connectivity index (χ1v) is 10.5. The monoisotopic (exact) mass is 442 g/mol. The second kappa shape index (κ2) is 11.5. The number of methoxy groups -OCH3 is 3. The van der Waals surface area contributed by atoms with E-state index in [-0.39, 0.29) is 17.9 Å². The number of hydrogen-bond acceptors (Lipinski definition) is 6. The van der Waals surface area contributed by atoms with Crippen LogP contribution in [-0.2, 0) is 9.47 Å². The van der Waals surface area contributed by atoms with Crippen LogP contribution < -0.4 is 9.47 Å². The molecule has 2 aromatic carbocycles. The molecule has 1 unspecified atom stereocenters. The minimum Gasteiger partial charge on any atom is -0.497 e. The fourth-order valence-electron chi connectivity index (χ4n) is 3.57. The largest absolute Gasteiger partial charge is 0.497 e. The van der Waals surface area contributed by atoms with E-state index < -0.39 is 0 Å². The Balaban J connectivity index is 1.66. The standard InChI is InChI=1S/C24H30N2O6/c1-29-14-12-25(23(27)18-4-8-20(30-2)9-5-18)16-22-17-26(13-15-32-22)24(28)19-6-10-21(31-3)11-7-19/h4-11,22H,12-17H2,1-3H3. The molecule has 1 fully saturated rings. The lowest BCUT2D eigenvalue weighted by atomic mass is 10.1. The van der Waals surface area contributed by atoms with Crippen LogP contribution >= 0.6 is 0 Å². The Bertz CT molecular complexity index is 884. The van der Waals surface area contributed by atoms with Crippen molar-refractivity contribution in [2.24, 2.45) is 0 Å². The van der Waals surface area contributed by atoms with Crippen molar-refractivity contribution in [1.82, 2.24) is 9.80 Å². The van der Waals surface area contributed by atoms with Crippen LogP contribution in [0.2, 0.25) is 0 Å². The van der Waals surface area contributed by atoms with Gasteiger partial charge in [-0.25, -0.2) is 0 Å². The maximum Gasteiger partial charge on any atom is 0.254 e. The summed E-state index contributed by atoms with van der Waals surface area (Å²) in [6.45, 7) is 2.52. The van der Waals surface area contributed by atoms with Gasteiger partial charge in [-0.1, -0.05) is 0 Å². The van der Waals surface area contributed by atoms with Crippen LogP contribution in [0, 0.1) is 0 Å². The molecule has 1 aliphatic heterocycles. The molecule has 1 atom stereocenters. The molecule has 1 heterocycles. The molecule has 0 N–H and O–H groups in total. The van der Waals surface area contributed by atoms with Gasteiger partial charge in [0.2, 0.25) is 0 Å². The summed E-state index contributed by atoms with van der Waals surface area (Å²) >= 11 is 0. The van der Waals surface area contributed by atoms with Crippen molar-refractivity contribution in [2.75, 3.05) is 60.7 Å². The normalized spacial score (nSPS) is 15.8. The first-order chi connectivity index (χ1) is 15.5. The number of nitrogens with zero attached hydrogens (tertiary/aromatic N) is 2. The van der Waals surface area contributed by atoms with E-state index >= 15 is 0 Å². The first-order valence-electron chi connectivity index (χ1n) is 10.5. The minimum absolute atomic E-state index is 0.0640. The summed E-state index contributed by atoms with van der Waals surface area (Å²) in [5, 5.41) is 0. The Kier molecular flexibility index (Phi) is 8.47. The molecule has 2 aromatic rings. The van der Waals surface area contributed by atoms with Crippen molar-refractivity contribution in [3.63, 3.8) is 0 Å². The van der Waals surface area contributed by atoms with Gasteiger partial charge in [-0.05, 0) is 48.5 Å². The number of hydrogen-bond donors (Lipinski definition) is 0. The fourth-order valence-corrected chi connectivity index (χ4v) is 3.57. The average molecular weight is 443 g/mol. The van der Waals surface area contributed by atoms with Gasteiger partial charge >= 0.3 is 0 Å². The molecule has 1 aliphatic rings. The predicted molar refractivity (Wildman–Crippen MR) is 119 cm³/mol. The molecule has 8 nitrogen and oxygen atoms in total. The lowest BCUT2D eigenvalue weighted by Crippen LogP contribution is -2.51. The molecule has 0 saturated carbocycles. The molecule has 0 aliphatic carbocycles. The molecule has 1 saturated heterocycles. The van der Waals surface area contributed by atoms with Crippen molar-refractivity contribution >= 4 is 11.8 Å². The van der Waals surface area contributed by atoms with Gasteiger partial charge < -0.3 is 28.7 Å². The van der Waals surface area contributed by atoms with Crippen molar-refractivity contribution in [3.05, 3.63) is 59.7 Å². The molecule has 3 rings (SSSR count). The number of carbonyl (C=O) groups is 2. The number of morpholine rings is 1. The van der Waals surface area contributed by atoms with Crippen LogP contribution in [0.25, 0.3) is 0 Å². The van der Waals surface area contributed by atoms with E-state index in [1.165, 1.54) is 0 Å². The molecule has 0 spiro atoms. The Morgan fingerprint density at radius 1 is 0.969 bits per heavy atom. The molecule has 2 amide bonds. The number of carbonyl (C=O) groups excluding carboxylic acids is 2. The summed E-state index contributed by atoms with van der Waals surface area (Å²) in [5.41, 5.74) is 1.15. The van der Waals surface area contributed by atoms with Gasteiger partial charge in [0, 0.05) is 44.4 Å². The minimum atomic E-state index is -0.287.